The first-order chi connectivity index (χ1) is 11.3. The normalized spacial score (nSPS) is 24.6. The average molecular weight is 341 g/mol. The lowest BCUT2D eigenvalue weighted by Gasteiger charge is -2.46. The minimum atomic E-state index is -2.63. The van der Waals surface area contributed by atoms with Gasteiger partial charge in [-0.2, -0.15) is 5.10 Å². The molecular formula is C16H25F2N5O. The first-order valence-corrected chi connectivity index (χ1v) is 8.39. The van der Waals surface area contributed by atoms with Gasteiger partial charge in [0.05, 0.1) is 18.3 Å². The number of hydrogen-bond donors (Lipinski definition) is 0. The van der Waals surface area contributed by atoms with Crippen molar-refractivity contribution in [1.82, 2.24) is 24.5 Å². The SMILES string of the molecule is CCn1cc(C(=O)N2CC(N3CC(F)(F)C[C@H]3CN(C)C)C2)cn1. The summed E-state index contributed by atoms with van der Waals surface area (Å²) < 4.78 is 29.4. The molecule has 8 heteroatoms. The van der Waals surface area contributed by atoms with Crippen LogP contribution in [0.25, 0.3) is 0 Å². The number of carbonyl (C=O) groups is 1. The summed E-state index contributed by atoms with van der Waals surface area (Å²) in [6, 6.07) is -0.131. The molecule has 2 fully saturated rings. The number of aromatic nitrogens is 2. The Morgan fingerprint density at radius 2 is 2.12 bits per heavy atom. The lowest BCUT2D eigenvalue weighted by atomic mass is 10.0. The first-order valence-electron chi connectivity index (χ1n) is 8.39. The van der Waals surface area contributed by atoms with Crippen LogP contribution in [-0.2, 0) is 6.54 Å². The van der Waals surface area contributed by atoms with Gasteiger partial charge in [-0.15, -0.1) is 0 Å². The summed E-state index contributed by atoms with van der Waals surface area (Å²) in [7, 11) is 3.80. The third-order valence-corrected chi connectivity index (χ3v) is 4.82. The highest BCUT2D eigenvalue weighted by Crippen LogP contribution is 2.35. The molecule has 0 unspecified atom stereocenters. The van der Waals surface area contributed by atoms with Crippen molar-refractivity contribution in [3.63, 3.8) is 0 Å². The highest BCUT2D eigenvalue weighted by molar-refractivity contribution is 5.94. The third-order valence-electron chi connectivity index (χ3n) is 4.82. The standard InChI is InChI=1S/C16H25F2N5O/c1-4-22-7-12(6-19-22)15(24)21-9-14(10-21)23-11-16(17,18)5-13(23)8-20(2)3/h6-7,13-14H,4-5,8-11H2,1-3H3/t13-/m0/s1. The van der Waals surface area contributed by atoms with Crippen LogP contribution in [0.4, 0.5) is 8.78 Å². The van der Waals surface area contributed by atoms with Crippen LogP contribution in [-0.4, -0.2) is 88.7 Å². The molecule has 1 amide bonds. The van der Waals surface area contributed by atoms with E-state index in [1.807, 2.05) is 30.8 Å². The summed E-state index contributed by atoms with van der Waals surface area (Å²) in [6.07, 6.45) is 3.20. The van der Waals surface area contributed by atoms with Crippen molar-refractivity contribution in [2.45, 2.75) is 37.9 Å². The van der Waals surface area contributed by atoms with E-state index in [-0.39, 0.29) is 31.0 Å². The Morgan fingerprint density at radius 1 is 1.42 bits per heavy atom. The Morgan fingerprint density at radius 3 is 2.71 bits per heavy atom. The van der Waals surface area contributed by atoms with Gasteiger partial charge in [0, 0.05) is 50.9 Å². The van der Waals surface area contributed by atoms with Gasteiger partial charge in [0.2, 0.25) is 0 Å². The van der Waals surface area contributed by atoms with Gasteiger partial charge in [-0.05, 0) is 21.0 Å². The number of aryl methyl sites for hydroxylation is 1. The molecule has 2 aliphatic heterocycles. The molecular weight excluding hydrogens is 316 g/mol. The van der Waals surface area contributed by atoms with Gasteiger partial charge in [0.15, 0.2) is 0 Å². The molecule has 0 saturated carbocycles. The molecule has 1 atom stereocenters. The Balaban J connectivity index is 1.59. The predicted octanol–water partition coefficient (Wildman–Crippen LogP) is 0.999. The second-order valence-electron chi connectivity index (χ2n) is 7.10. The van der Waals surface area contributed by atoms with E-state index in [4.69, 9.17) is 0 Å². The summed E-state index contributed by atoms with van der Waals surface area (Å²) in [6.45, 7) is 4.10. The molecule has 0 bridgehead atoms. The number of halogens is 2. The molecule has 2 aliphatic rings. The van der Waals surface area contributed by atoms with E-state index in [2.05, 4.69) is 5.10 Å². The molecule has 1 aromatic rings. The van der Waals surface area contributed by atoms with Gasteiger partial charge in [0.25, 0.3) is 11.8 Å². The van der Waals surface area contributed by atoms with Crippen molar-refractivity contribution in [3.05, 3.63) is 18.0 Å². The molecule has 0 aromatic carbocycles. The fraction of sp³-hybridized carbons (Fsp3) is 0.750. The maximum Gasteiger partial charge on any atom is 0.262 e. The minimum Gasteiger partial charge on any atom is -0.335 e. The minimum absolute atomic E-state index is 0.0218. The Kier molecular flexibility index (Phi) is 4.61. The zero-order valence-electron chi connectivity index (χ0n) is 14.5. The summed E-state index contributed by atoms with van der Waals surface area (Å²) >= 11 is 0. The maximum absolute atomic E-state index is 13.8. The number of likely N-dealkylation sites (tertiary alicyclic amines) is 2. The molecule has 0 radical (unpaired) electrons. The number of hydrogen-bond acceptors (Lipinski definition) is 4. The van der Waals surface area contributed by atoms with Gasteiger partial charge < -0.3 is 9.80 Å². The largest absolute Gasteiger partial charge is 0.335 e. The third kappa shape index (κ3) is 3.44. The van der Waals surface area contributed by atoms with E-state index in [1.165, 1.54) is 0 Å². The molecule has 24 heavy (non-hydrogen) atoms. The topological polar surface area (TPSA) is 44.6 Å². The van der Waals surface area contributed by atoms with Crippen molar-refractivity contribution in [2.24, 2.45) is 0 Å². The first kappa shape index (κ1) is 17.3. The maximum atomic E-state index is 13.8. The Bertz CT molecular complexity index is 597. The second-order valence-corrected chi connectivity index (χ2v) is 7.10. The number of rotatable bonds is 5. The van der Waals surface area contributed by atoms with Crippen molar-refractivity contribution in [3.8, 4) is 0 Å². The Labute approximate surface area is 141 Å². The number of amides is 1. The zero-order valence-corrected chi connectivity index (χ0v) is 14.5. The molecule has 2 saturated heterocycles. The van der Waals surface area contributed by atoms with Crippen LogP contribution in [0.1, 0.15) is 23.7 Å². The second kappa shape index (κ2) is 6.40. The lowest BCUT2D eigenvalue weighted by Crippen LogP contribution is -2.63. The van der Waals surface area contributed by atoms with Crippen molar-refractivity contribution < 1.29 is 13.6 Å². The van der Waals surface area contributed by atoms with E-state index < -0.39 is 5.92 Å². The van der Waals surface area contributed by atoms with Gasteiger partial charge in [-0.25, -0.2) is 8.78 Å². The van der Waals surface area contributed by atoms with Crippen LogP contribution >= 0.6 is 0 Å². The fourth-order valence-corrected chi connectivity index (χ4v) is 3.60. The van der Waals surface area contributed by atoms with Crippen LogP contribution < -0.4 is 0 Å². The zero-order chi connectivity index (χ0) is 17.5. The van der Waals surface area contributed by atoms with E-state index in [1.54, 1.807) is 22.0 Å². The smallest absolute Gasteiger partial charge is 0.262 e. The molecule has 0 aliphatic carbocycles. The molecule has 3 rings (SSSR count). The highest BCUT2D eigenvalue weighted by atomic mass is 19.3. The van der Waals surface area contributed by atoms with Crippen molar-refractivity contribution in [1.29, 1.82) is 0 Å². The molecule has 0 spiro atoms. The summed E-state index contributed by atoms with van der Waals surface area (Å²) in [5, 5.41) is 4.11. The van der Waals surface area contributed by atoms with Gasteiger partial charge in [-0.1, -0.05) is 0 Å². The molecule has 3 heterocycles. The number of nitrogens with zero attached hydrogens (tertiary/aromatic N) is 5. The number of alkyl halides is 2. The van der Waals surface area contributed by atoms with E-state index >= 15 is 0 Å². The van der Waals surface area contributed by atoms with Gasteiger partial charge >= 0.3 is 0 Å². The van der Waals surface area contributed by atoms with Gasteiger partial charge in [0.1, 0.15) is 0 Å². The van der Waals surface area contributed by atoms with Crippen LogP contribution in [0.2, 0.25) is 0 Å². The molecule has 6 nitrogen and oxygen atoms in total. The van der Waals surface area contributed by atoms with Crippen molar-refractivity contribution >= 4 is 5.91 Å². The summed E-state index contributed by atoms with van der Waals surface area (Å²) in [5.41, 5.74) is 0.562. The predicted molar refractivity (Wildman–Crippen MR) is 86.2 cm³/mol. The van der Waals surface area contributed by atoms with Gasteiger partial charge in [-0.3, -0.25) is 14.4 Å². The Hall–Kier alpha value is -1.54. The molecule has 0 N–H and O–H groups in total. The van der Waals surface area contributed by atoms with Crippen LogP contribution in [0.3, 0.4) is 0 Å². The van der Waals surface area contributed by atoms with E-state index in [0.29, 0.717) is 31.7 Å². The summed E-state index contributed by atoms with van der Waals surface area (Å²) in [4.78, 5) is 17.9. The van der Waals surface area contributed by atoms with Crippen LogP contribution in [0, 0.1) is 0 Å². The monoisotopic (exact) mass is 341 g/mol. The quantitative estimate of drug-likeness (QED) is 0.802. The fourth-order valence-electron chi connectivity index (χ4n) is 3.60. The highest BCUT2D eigenvalue weighted by Gasteiger charge is 2.50. The molecule has 1 aromatic heterocycles. The molecule has 134 valence electrons. The number of likely N-dealkylation sites (N-methyl/N-ethyl adjacent to an activating group) is 1. The van der Waals surface area contributed by atoms with E-state index in [9.17, 15) is 13.6 Å². The van der Waals surface area contributed by atoms with E-state index in [0.717, 1.165) is 0 Å². The average Bonchev–Trinajstić information content (AvgIpc) is 3.01. The van der Waals surface area contributed by atoms with Crippen LogP contribution in [0.5, 0.6) is 0 Å². The van der Waals surface area contributed by atoms with Crippen molar-refractivity contribution in [2.75, 3.05) is 40.3 Å². The lowest BCUT2D eigenvalue weighted by molar-refractivity contribution is -0.0114. The van der Waals surface area contributed by atoms with Crippen LogP contribution in [0.15, 0.2) is 12.4 Å². The number of carbonyl (C=O) groups excluding carboxylic acids is 1. The summed E-state index contributed by atoms with van der Waals surface area (Å²) in [5.74, 6) is -2.70.